The number of aromatic nitrogens is 3. The summed E-state index contributed by atoms with van der Waals surface area (Å²) in [5.41, 5.74) is 2.73. The lowest BCUT2D eigenvalue weighted by Gasteiger charge is -2.24. The van der Waals surface area contributed by atoms with Crippen LogP contribution in [0.15, 0.2) is 47.6 Å². The summed E-state index contributed by atoms with van der Waals surface area (Å²) in [6.07, 6.45) is 1.67. The molecular formula is C24H26N6O4S. The molecule has 11 heteroatoms. The lowest BCUT2D eigenvalue weighted by molar-refractivity contribution is -0.384. The number of anilines is 1. The van der Waals surface area contributed by atoms with E-state index >= 15 is 0 Å². The van der Waals surface area contributed by atoms with Crippen molar-refractivity contribution >= 4 is 35.0 Å². The van der Waals surface area contributed by atoms with Crippen LogP contribution in [-0.4, -0.2) is 48.7 Å². The molecule has 182 valence electrons. The molecule has 0 bridgehead atoms. The normalized spacial score (nSPS) is 15.3. The van der Waals surface area contributed by atoms with E-state index in [2.05, 4.69) is 15.5 Å². The van der Waals surface area contributed by atoms with E-state index in [0.29, 0.717) is 28.8 Å². The van der Waals surface area contributed by atoms with Gasteiger partial charge in [-0.05, 0) is 44.4 Å². The van der Waals surface area contributed by atoms with E-state index in [1.807, 2.05) is 47.7 Å². The Kier molecular flexibility index (Phi) is 7.15. The third kappa shape index (κ3) is 5.35. The summed E-state index contributed by atoms with van der Waals surface area (Å²) in [5, 5.41) is 22.9. The predicted molar refractivity (Wildman–Crippen MR) is 132 cm³/mol. The van der Waals surface area contributed by atoms with Crippen molar-refractivity contribution in [3.05, 3.63) is 75.1 Å². The number of hydrogen-bond acceptors (Lipinski definition) is 7. The number of aryl methyl sites for hydroxylation is 2. The molecule has 0 aliphatic carbocycles. The van der Waals surface area contributed by atoms with Gasteiger partial charge in [0.25, 0.3) is 11.6 Å². The molecule has 0 saturated carbocycles. The fourth-order valence-corrected chi connectivity index (χ4v) is 4.86. The van der Waals surface area contributed by atoms with Crippen LogP contribution in [0.3, 0.4) is 0 Å². The van der Waals surface area contributed by atoms with Gasteiger partial charge in [-0.25, -0.2) is 0 Å². The number of non-ortho nitro benzene ring substituents is 1. The van der Waals surface area contributed by atoms with Crippen LogP contribution >= 0.6 is 11.8 Å². The van der Waals surface area contributed by atoms with Crippen LogP contribution in [0.25, 0.3) is 0 Å². The van der Waals surface area contributed by atoms with Crippen molar-refractivity contribution in [2.45, 2.75) is 37.9 Å². The zero-order chi connectivity index (χ0) is 25.1. The summed E-state index contributed by atoms with van der Waals surface area (Å²) >= 11 is 1.22. The highest BCUT2D eigenvalue weighted by Gasteiger charge is 2.34. The standard InChI is InChI=1S/C24H26N6O4S/c1-15-6-4-7-17(12-15)23(32)29-11-5-8-20(29)22-26-27-24(28(22)3)35-14-21(31)25-19-13-18(30(33)34)10-9-16(19)2/h4,6-7,9-10,12-13,20H,5,8,11,14H2,1-3H3,(H,25,31). The fraction of sp³-hybridized carbons (Fsp3) is 0.333. The third-order valence-electron chi connectivity index (χ3n) is 5.98. The first-order valence-corrected chi connectivity index (χ1v) is 12.2. The van der Waals surface area contributed by atoms with Crippen molar-refractivity contribution in [2.24, 2.45) is 7.05 Å². The zero-order valence-corrected chi connectivity index (χ0v) is 20.5. The minimum Gasteiger partial charge on any atom is -0.328 e. The largest absolute Gasteiger partial charge is 0.328 e. The van der Waals surface area contributed by atoms with Gasteiger partial charge >= 0.3 is 0 Å². The first-order valence-electron chi connectivity index (χ1n) is 11.2. The average molecular weight is 495 g/mol. The summed E-state index contributed by atoms with van der Waals surface area (Å²) in [4.78, 5) is 38.0. The van der Waals surface area contributed by atoms with Gasteiger partial charge in [0.05, 0.1) is 22.4 Å². The van der Waals surface area contributed by atoms with Crippen LogP contribution in [0, 0.1) is 24.0 Å². The van der Waals surface area contributed by atoms with Gasteiger partial charge < -0.3 is 14.8 Å². The van der Waals surface area contributed by atoms with Crippen molar-refractivity contribution in [2.75, 3.05) is 17.6 Å². The average Bonchev–Trinajstić information content (AvgIpc) is 3.45. The Bertz CT molecular complexity index is 1290. The number of nitro benzene ring substituents is 1. The number of amides is 2. The Hall–Kier alpha value is -3.73. The number of thioether (sulfide) groups is 1. The van der Waals surface area contributed by atoms with Crippen LogP contribution in [0.1, 0.15) is 46.2 Å². The molecule has 2 amide bonds. The van der Waals surface area contributed by atoms with Gasteiger partial charge in [0.2, 0.25) is 5.91 Å². The first kappa shape index (κ1) is 24.4. The summed E-state index contributed by atoms with van der Waals surface area (Å²) in [6, 6.07) is 11.7. The minimum atomic E-state index is -0.499. The molecule has 1 fully saturated rings. The second-order valence-electron chi connectivity index (χ2n) is 8.52. The summed E-state index contributed by atoms with van der Waals surface area (Å²) in [5.74, 6) is 0.409. The molecule has 0 radical (unpaired) electrons. The van der Waals surface area contributed by atoms with E-state index < -0.39 is 4.92 Å². The second-order valence-corrected chi connectivity index (χ2v) is 9.46. The molecule has 1 N–H and O–H groups in total. The number of benzene rings is 2. The number of hydrogen-bond donors (Lipinski definition) is 1. The molecule has 1 atom stereocenters. The van der Waals surface area contributed by atoms with Crippen LogP contribution < -0.4 is 5.32 Å². The van der Waals surface area contributed by atoms with Gasteiger partial charge in [-0.3, -0.25) is 19.7 Å². The van der Waals surface area contributed by atoms with Crippen LogP contribution in [-0.2, 0) is 11.8 Å². The molecule has 0 spiro atoms. The molecule has 1 aromatic heterocycles. The molecule has 1 unspecified atom stereocenters. The van der Waals surface area contributed by atoms with Crippen LogP contribution in [0.4, 0.5) is 11.4 Å². The Morgan fingerprint density at radius 2 is 2.00 bits per heavy atom. The van der Waals surface area contributed by atoms with Gasteiger partial charge in [0.15, 0.2) is 11.0 Å². The third-order valence-corrected chi connectivity index (χ3v) is 7.00. The van der Waals surface area contributed by atoms with E-state index in [-0.39, 0.29) is 29.3 Å². The van der Waals surface area contributed by atoms with Crippen molar-refractivity contribution < 1.29 is 14.5 Å². The quantitative estimate of drug-likeness (QED) is 0.299. The number of likely N-dealkylation sites (tertiary alicyclic amines) is 1. The molecule has 2 heterocycles. The highest BCUT2D eigenvalue weighted by atomic mass is 32.2. The molecule has 2 aromatic carbocycles. The maximum absolute atomic E-state index is 13.2. The van der Waals surface area contributed by atoms with E-state index in [0.717, 1.165) is 24.0 Å². The Morgan fingerprint density at radius 3 is 2.74 bits per heavy atom. The molecule has 1 saturated heterocycles. The number of nitro groups is 1. The molecule has 10 nitrogen and oxygen atoms in total. The molecule has 35 heavy (non-hydrogen) atoms. The van der Waals surface area contributed by atoms with Gasteiger partial charge in [0, 0.05) is 31.3 Å². The summed E-state index contributed by atoms with van der Waals surface area (Å²) in [6.45, 7) is 4.38. The Balaban J connectivity index is 1.43. The highest BCUT2D eigenvalue weighted by Crippen LogP contribution is 2.33. The Morgan fingerprint density at radius 1 is 1.20 bits per heavy atom. The molecule has 3 aromatic rings. The lowest BCUT2D eigenvalue weighted by atomic mass is 10.1. The maximum atomic E-state index is 13.2. The van der Waals surface area contributed by atoms with Crippen LogP contribution in [0.5, 0.6) is 0 Å². The number of nitrogens with zero attached hydrogens (tertiary/aromatic N) is 5. The first-order chi connectivity index (χ1) is 16.7. The Labute approximate surface area is 206 Å². The smallest absolute Gasteiger partial charge is 0.271 e. The molecule has 4 rings (SSSR count). The van der Waals surface area contributed by atoms with Crippen molar-refractivity contribution in [1.29, 1.82) is 0 Å². The monoisotopic (exact) mass is 494 g/mol. The topological polar surface area (TPSA) is 123 Å². The van der Waals surface area contributed by atoms with Gasteiger partial charge in [-0.2, -0.15) is 0 Å². The molecule has 1 aliphatic rings. The van der Waals surface area contributed by atoms with E-state index in [1.54, 1.807) is 13.0 Å². The number of rotatable bonds is 7. The summed E-state index contributed by atoms with van der Waals surface area (Å²) in [7, 11) is 1.83. The van der Waals surface area contributed by atoms with Gasteiger partial charge in [-0.1, -0.05) is 35.5 Å². The van der Waals surface area contributed by atoms with Gasteiger partial charge in [0.1, 0.15) is 0 Å². The van der Waals surface area contributed by atoms with Crippen molar-refractivity contribution in [3.63, 3.8) is 0 Å². The second kappa shape index (κ2) is 10.3. The van der Waals surface area contributed by atoms with E-state index in [9.17, 15) is 19.7 Å². The minimum absolute atomic E-state index is 0.0277. The predicted octanol–water partition coefficient (Wildman–Crippen LogP) is 4.05. The SMILES string of the molecule is Cc1cccc(C(=O)N2CCCC2c2nnc(SCC(=O)Nc3cc([N+](=O)[O-])ccc3C)n2C)c1. The van der Waals surface area contributed by atoms with Crippen molar-refractivity contribution in [3.8, 4) is 0 Å². The summed E-state index contributed by atoms with van der Waals surface area (Å²) < 4.78 is 1.82. The van der Waals surface area contributed by atoms with E-state index in [1.165, 1.54) is 23.9 Å². The zero-order valence-electron chi connectivity index (χ0n) is 19.7. The maximum Gasteiger partial charge on any atom is 0.271 e. The number of nitrogens with one attached hydrogen (secondary N) is 1. The fourth-order valence-electron chi connectivity index (χ4n) is 4.14. The number of carbonyl (C=O) groups excluding carboxylic acids is 2. The highest BCUT2D eigenvalue weighted by molar-refractivity contribution is 7.99. The number of carbonyl (C=O) groups is 2. The van der Waals surface area contributed by atoms with Crippen LogP contribution in [0.2, 0.25) is 0 Å². The van der Waals surface area contributed by atoms with Crippen molar-refractivity contribution in [1.82, 2.24) is 19.7 Å². The molecular weight excluding hydrogens is 468 g/mol. The van der Waals surface area contributed by atoms with Gasteiger partial charge in [-0.15, -0.1) is 10.2 Å². The lowest BCUT2D eigenvalue weighted by Crippen LogP contribution is -2.32. The van der Waals surface area contributed by atoms with E-state index in [4.69, 9.17) is 0 Å². The molecule has 1 aliphatic heterocycles.